The Balaban J connectivity index is 1.99. The highest BCUT2D eigenvalue weighted by atomic mass is 19.1. The van der Waals surface area contributed by atoms with Crippen LogP contribution in [0.5, 0.6) is 17.2 Å². The fraction of sp³-hybridized carbons (Fsp3) is 0.174. The smallest absolute Gasteiger partial charge is 0.207 e. The number of aldehydes is 1. The van der Waals surface area contributed by atoms with Crippen LogP contribution in [0.3, 0.4) is 0 Å². The lowest BCUT2D eigenvalue weighted by molar-refractivity contribution is 0.111. The first-order chi connectivity index (χ1) is 13.7. The van der Waals surface area contributed by atoms with Crippen molar-refractivity contribution >= 4 is 6.29 Å². The van der Waals surface area contributed by atoms with E-state index in [0.29, 0.717) is 11.8 Å². The topological polar surface area (TPSA) is 44.8 Å². The van der Waals surface area contributed by atoms with Gasteiger partial charge in [-0.05, 0) is 18.1 Å². The van der Waals surface area contributed by atoms with E-state index in [1.165, 1.54) is 7.11 Å². The second kappa shape index (κ2) is 9.04. The number of carbonyl (C=O) groups excluding carboxylic acids is 1. The summed E-state index contributed by atoms with van der Waals surface area (Å²) < 4.78 is 32.1. The Morgan fingerprint density at radius 1 is 0.821 bits per heavy atom. The molecule has 5 heteroatoms. The van der Waals surface area contributed by atoms with E-state index in [1.54, 1.807) is 6.92 Å². The third-order valence-electron chi connectivity index (χ3n) is 4.37. The van der Waals surface area contributed by atoms with Gasteiger partial charge in [-0.2, -0.15) is 0 Å². The van der Waals surface area contributed by atoms with E-state index in [1.807, 2.05) is 60.7 Å². The van der Waals surface area contributed by atoms with Crippen molar-refractivity contribution in [2.75, 3.05) is 7.11 Å². The fourth-order valence-corrected chi connectivity index (χ4v) is 2.89. The highest BCUT2D eigenvalue weighted by Gasteiger charge is 2.25. The number of methoxy groups -OCH3 is 1. The summed E-state index contributed by atoms with van der Waals surface area (Å²) in [6, 6.07) is 18.9. The third kappa shape index (κ3) is 4.14. The van der Waals surface area contributed by atoms with Gasteiger partial charge in [0.1, 0.15) is 13.2 Å². The Bertz CT molecular complexity index is 940. The molecule has 3 rings (SSSR count). The van der Waals surface area contributed by atoms with Gasteiger partial charge in [-0.1, -0.05) is 60.7 Å². The summed E-state index contributed by atoms with van der Waals surface area (Å²) >= 11 is 0. The number of rotatable bonds is 8. The summed E-state index contributed by atoms with van der Waals surface area (Å²) in [6.07, 6.45) is 0.462. The van der Waals surface area contributed by atoms with Crippen LogP contribution in [-0.4, -0.2) is 13.4 Å². The van der Waals surface area contributed by atoms with E-state index in [2.05, 4.69) is 0 Å². The van der Waals surface area contributed by atoms with Gasteiger partial charge in [0.2, 0.25) is 11.5 Å². The van der Waals surface area contributed by atoms with Crippen LogP contribution in [0.2, 0.25) is 0 Å². The molecular weight excluding hydrogens is 359 g/mol. The molecule has 0 heterocycles. The Hall–Kier alpha value is -3.34. The molecule has 0 aliphatic rings. The predicted molar refractivity (Wildman–Crippen MR) is 105 cm³/mol. The molecule has 4 nitrogen and oxygen atoms in total. The van der Waals surface area contributed by atoms with Crippen molar-refractivity contribution in [1.29, 1.82) is 0 Å². The predicted octanol–water partition coefficient (Wildman–Crippen LogP) is 5.11. The van der Waals surface area contributed by atoms with Gasteiger partial charge in [-0.25, -0.2) is 4.39 Å². The summed E-state index contributed by atoms with van der Waals surface area (Å²) in [5.41, 5.74) is 2.04. The maximum atomic E-state index is 15.0. The molecule has 3 aromatic carbocycles. The second-order valence-corrected chi connectivity index (χ2v) is 6.21. The molecule has 0 aliphatic heterocycles. The molecule has 0 atom stereocenters. The first-order valence-corrected chi connectivity index (χ1v) is 8.84. The Morgan fingerprint density at radius 3 is 1.79 bits per heavy atom. The van der Waals surface area contributed by atoms with Crippen LogP contribution in [0.25, 0.3) is 0 Å². The SMILES string of the molecule is COc1c(C)c(C=O)c(F)c(OCc2ccccc2)c1OCc1ccccc1. The summed E-state index contributed by atoms with van der Waals surface area (Å²) in [5.74, 6) is -0.470. The quantitative estimate of drug-likeness (QED) is 0.509. The first kappa shape index (κ1) is 19.4. The zero-order valence-corrected chi connectivity index (χ0v) is 15.8. The van der Waals surface area contributed by atoms with E-state index in [4.69, 9.17) is 14.2 Å². The molecule has 0 aromatic heterocycles. The monoisotopic (exact) mass is 380 g/mol. The van der Waals surface area contributed by atoms with Crippen LogP contribution in [0.1, 0.15) is 27.0 Å². The normalized spacial score (nSPS) is 10.4. The average molecular weight is 380 g/mol. The van der Waals surface area contributed by atoms with Gasteiger partial charge >= 0.3 is 0 Å². The highest BCUT2D eigenvalue weighted by Crippen LogP contribution is 2.44. The molecule has 0 aliphatic carbocycles. The molecule has 0 radical (unpaired) electrons. The molecule has 0 unspecified atom stereocenters. The van der Waals surface area contributed by atoms with Crippen molar-refractivity contribution in [2.45, 2.75) is 20.1 Å². The van der Waals surface area contributed by atoms with E-state index < -0.39 is 5.82 Å². The van der Waals surface area contributed by atoms with Crippen molar-refractivity contribution in [1.82, 2.24) is 0 Å². The third-order valence-corrected chi connectivity index (χ3v) is 4.37. The fourth-order valence-electron chi connectivity index (χ4n) is 2.89. The van der Waals surface area contributed by atoms with Crippen molar-refractivity contribution < 1.29 is 23.4 Å². The van der Waals surface area contributed by atoms with Gasteiger partial charge in [-0.3, -0.25) is 4.79 Å². The van der Waals surface area contributed by atoms with Crippen molar-refractivity contribution in [3.8, 4) is 17.2 Å². The van der Waals surface area contributed by atoms with Crippen LogP contribution in [0.15, 0.2) is 60.7 Å². The van der Waals surface area contributed by atoms with Crippen LogP contribution >= 0.6 is 0 Å². The number of ether oxygens (including phenoxy) is 3. The van der Waals surface area contributed by atoms with E-state index in [-0.39, 0.29) is 36.0 Å². The van der Waals surface area contributed by atoms with E-state index in [9.17, 15) is 4.79 Å². The molecule has 28 heavy (non-hydrogen) atoms. The highest BCUT2D eigenvalue weighted by molar-refractivity contribution is 5.82. The number of halogens is 1. The lowest BCUT2D eigenvalue weighted by Crippen LogP contribution is -2.08. The maximum Gasteiger partial charge on any atom is 0.207 e. The average Bonchev–Trinajstić information content (AvgIpc) is 2.73. The number of hydrogen-bond acceptors (Lipinski definition) is 4. The minimum atomic E-state index is -0.757. The Morgan fingerprint density at radius 2 is 1.32 bits per heavy atom. The molecule has 144 valence electrons. The lowest BCUT2D eigenvalue weighted by Gasteiger charge is -2.20. The number of carbonyl (C=O) groups is 1. The van der Waals surface area contributed by atoms with Crippen LogP contribution in [-0.2, 0) is 13.2 Å². The molecule has 0 fully saturated rings. The summed E-state index contributed by atoms with van der Waals surface area (Å²) in [4.78, 5) is 11.4. The van der Waals surface area contributed by atoms with Gasteiger partial charge in [0, 0.05) is 5.56 Å². The zero-order chi connectivity index (χ0) is 19.9. The van der Waals surface area contributed by atoms with E-state index in [0.717, 1.165) is 11.1 Å². The molecule has 0 amide bonds. The summed E-state index contributed by atoms with van der Waals surface area (Å²) in [6.45, 7) is 1.95. The van der Waals surface area contributed by atoms with Gasteiger partial charge in [-0.15, -0.1) is 0 Å². The van der Waals surface area contributed by atoms with Crippen molar-refractivity contribution in [2.24, 2.45) is 0 Å². The first-order valence-electron chi connectivity index (χ1n) is 8.84. The molecular formula is C23H21FO4. The van der Waals surface area contributed by atoms with Crippen molar-refractivity contribution in [3.05, 3.63) is 88.7 Å². The standard InChI is InChI=1S/C23H21FO4/c1-16-19(13-25)20(24)22(27-14-17-9-5-3-6-10-17)23(21(16)26-2)28-15-18-11-7-4-8-12-18/h3-13H,14-15H2,1-2H3. The van der Waals surface area contributed by atoms with Gasteiger partial charge in [0.25, 0.3) is 0 Å². The zero-order valence-electron chi connectivity index (χ0n) is 15.8. The van der Waals surface area contributed by atoms with Crippen LogP contribution in [0, 0.1) is 12.7 Å². The number of hydrogen-bond donors (Lipinski definition) is 0. The molecule has 0 bridgehead atoms. The molecule has 3 aromatic rings. The minimum absolute atomic E-state index is 0.105. The van der Waals surface area contributed by atoms with Gasteiger partial charge in [0.15, 0.2) is 17.9 Å². The minimum Gasteiger partial charge on any atom is -0.492 e. The van der Waals surface area contributed by atoms with Gasteiger partial charge in [0.05, 0.1) is 12.7 Å². The Kier molecular flexibility index (Phi) is 6.27. The van der Waals surface area contributed by atoms with E-state index >= 15 is 4.39 Å². The molecule has 0 N–H and O–H groups in total. The molecule has 0 saturated carbocycles. The Labute approximate surface area is 163 Å². The maximum absolute atomic E-state index is 15.0. The van der Waals surface area contributed by atoms with Crippen LogP contribution < -0.4 is 14.2 Å². The largest absolute Gasteiger partial charge is 0.492 e. The van der Waals surface area contributed by atoms with Gasteiger partial charge < -0.3 is 14.2 Å². The molecule has 0 spiro atoms. The second-order valence-electron chi connectivity index (χ2n) is 6.21. The molecule has 0 saturated heterocycles. The number of benzene rings is 3. The summed E-state index contributed by atoms with van der Waals surface area (Å²) in [5, 5.41) is 0. The lowest BCUT2D eigenvalue weighted by atomic mass is 10.1. The summed E-state index contributed by atoms with van der Waals surface area (Å²) in [7, 11) is 1.45. The van der Waals surface area contributed by atoms with Crippen LogP contribution in [0.4, 0.5) is 4.39 Å². The van der Waals surface area contributed by atoms with Crippen molar-refractivity contribution in [3.63, 3.8) is 0 Å².